The molecular weight excluding hydrogens is 384 g/mol. The van der Waals surface area contributed by atoms with E-state index < -0.39 is 0 Å². The van der Waals surface area contributed by atoms with Gasteiger partial charge in [-0.25, -0.2) is 4.98 Å². The number of carbonyl (C=O) groups is 2. The van der Waals surface area contributed by atoms with Gasteiger partial charge in [-0.3, -0.25) is 24.4 Å². The molecule has 29 heavy (non-hydrogen) atoms. The molecule has 2 amide bonds. The van der Waals surface area contributed by atoms with Gasteiger partial charge in [0.25, 0.3) is 11.1 Å². The fourth-order valence-electron chi connectivity index (χ4n) is 2.90. The Morgan fingerprint density at radius 1 is 1.17 bits per heavy atom. The van der Waals surface area contributed by atoms with E-state index in [2.05, 4.69) is 22.1 Å². The van der Waals surface area contributed by atoms with Gasteiger partial charge in [0.15, 0.2) is 0 Å². The van der Waals surface area contributed by atoms with Crippen molar-refractivity contribution in [2.75, 3.05) is 20.6 Å². The quantitative estimate of drug-likeness (QED) is 0.538. The molecule has 0 radical (unpaired) electrons. The molecule has 0 unspecified atom stereocenters. The Morgan fingerprint density at radius 2 is 1.97 bits per heavy atom. The number of nitrogens with one attached hydrogen (secondary N) is 1. The van der Waals surface area contributed by atoms with Gasteiger partial charge in [0.1, 0.15) is 6.33 Å². The molecule has 1 N–H and O–H groups in total. The van der Waals surface area contributed by atoms with Crippen LogP contribution in [0.1, 0.15) is 11.1 Å². The minimum absolute atomic E-state index is 0.346. The lowest BCUT2D eigenvalue weighted by Crippen LogP contribution is -2.17. The highest BCUT2D eigenvalue weighted by molar-refractivity contribution is 8.18. The van der Waals surface area contributed by atoms with Crippen LogP contribution in [0.25, 0.3) is 22.8 Å². The maximum Gasteiger partial charge on any atom is 0.290 e. The van der Waals surface area contributed by atoms with Crippen molar-refractivity contribution in [1.82, 2.24) is 19.8 Å². The lowest BCUT2D eigenvalue weighted by molar-refractivity contribution is -0.115. The predicted octanol–water partition coefficient (Wildman–Crippen LogP) is 3.26. The molecule has 0 spiro atoms. The topological polar surface area (TPSA) is 67.2 Å². The molecule has 1 saturated heterocycles. The number of benzene rings is 2. The minimum atomic E-state index is -0.362. The third kappa shape index (κ3) is 4.24. The molecule has 0 bridgehead atoms. The summed E-state index contributed by atoms with van der Waals surface area (Å²) in [7, 11) is 3.98. The molecule has 0 atom stereocenters. The third-order valence-electron chi connectivity index (χ3n) is 4.28. The summed E-state index contributed by atoms with van der Waals surface area (Å²) in [5.74, 6) is 5.91. The highest BCUT2D eigenvalue weighted by Gasteiger charge is 2.24. The largest absolute Gasteiger partial charge is 0.299 e. The van der Waals surface area contributed by atoms with Gasteiger partial charge in [-0.15, -0.1) is 0 Å². The number of rotatable bonds is 3. The van der Waals surface area contributed by atoms with Crippen molar-refractivity contribution >= 4 is 40.0 Å². The number of carbonyl (C=O) groups excluding carboxylic acids is 2. The summed E-state index contributed by atoms with van der Waals surface area (Å²) in [4.78, 5) is 30.0. The van der Waals surface area contributed by atoms with Crippen molar-refractivity contribution in [2.45, 2.75) is 0 Å². The van der Waals surface area contributed by atoms with E-state index >= 15 is 0 Å². The zero-order valence-electron chi connectivity index (χ0n) is 16.0. The first-order chi connectivity index (χ1) is 14.0. The molecule has 144 valence electrons. The number of imidazole rings is 1. The van der Waals surface area contributed by atoms with E-state index in [0.29, 0.717) is 11.4 Å². The number of hydrogen-bond acceptors (Lipinski definition) is 5. The van der Waals surface area contributed by atoms with Gasteiger partial charge >= 0.3 is 0 Å². The van der Waals surface area contributed by atoms with Gasteiger partial charge in [0.05, 0.1) is 22.5 Å². The van der Waals surface area contributed by atoms with E-state index in [0.717, 1.165) is 39.6 Å². The molecule has 0 aliphatic carbocycles. The standard InChI is InChI=1S/C22H18N4O2S/c1-25(2)11-3-4-15-5-8-17(9-6-15)26-14-23-18-10-7-16(12-19(18)26)13-20-21(27)24-22(28)29-20/h5-10,12-14H,11H2,1-2H3,(H,24,27,28). The maximum atomic E-state index is 11.8. The van der Waals surface area contributed by atoms with E-state index in [-0.39, 0.29) is 11.1 Å². The summed E-state index contributed by atoms with van der Waals surface area (Å²) in [6.45, 7) is 0.716. The average Bonchev–Trinajstić information content (AvgIpc) is 3.24. The first kappa shape index (κ1) is 19.0. The molecule has 7 heteroatoms. The van der Waals surface area contributed by atoms with Crippen LogP contribution in [-0.2, 0) is 4.79 Å². The van der Waals surface area contributed by atoms with Crippen molar-refractivity contribution in [3.63, 3.8) is 0 Å². The monoisotopic (exact) mass is 402 g/mol. The summed E-state index contributed by atoms with van der Waals surface area (Å²) in [6, 6.07) is 13.7. The Kier molecular flexibility index (Phi) is 5.21. The number of nitrogens with zero attached hydrogens (tertiary/aromatic N) is 3. The molecule has 1 aromatic heterocycles. The molecular formula is C22H18N4O2S. The molecule has 4 rings (SSSR count). The van der Waals surface area contributed by atoms with Gasteiger partial charge in [0, 0.05) is 11.3 Å². The average molecular weight is 402 g/mol. The van der Waals surface area contributed by atoms with Gasteiger partial charge in [-0.2, -0.15) is 0 Å². The van der Waals surface area contributed by atoms with Crippen LogP contribution in [0.4, 0.5) is 4.79 Å². The smallest absolute Gasteiger partial charge is 0.290 e. The van der Waals surface area contributed by atoms with Crippen LogP contribution in [0.15, 0.2) is 53.7 Å². The third-order valence-corrected chi connectivity index (χ3v) is 5.10. The first-order valence-electron chi connectivity index (χ1n) is 8.95. The molecule has 1 aliphatic rings. The maximum absolute atomic E-state index is 11.8. The second-order valence-electron chi connectivity index (χ2n) is 6.80. The fraction of sp³-hybridized carbons (Fsp3) is 0.136. The van der Waals surface area contributed by atoms with Crippen molar-refractivity contribution in [3.05, 3.63) is 64.8 Å². The molecule has 3 aromatic rings. The van der Waals surface area contributed by atoms with Gasteiger partial charge in [-0.05, 0) is 73.9 Å². The lowest BCUT2D eigenvalue weighted by atomic mass is 10.1. The van der Waals surface area contributed by atoms with Crippen LogP contribution >= 0.6 is 11.8 Å². The van der Waals surface area contributed by atoms with Crippen molar-refractivity contribution in [1.29, 1.82) is 0 Å². The summed E-state index contributed by atoms with van der Waals surface area (Å²) in [5.41, 5.74) is 4.53. The van der Waals surface area contributed by atoms with Crippen LogP contribution in [-0.4, -0.2) is 46.2 Å². The summed E-state index contributed by atoms with van der Waals surface area (Å²) >= 11 is 0.909. The summed E-state index contributed by atoms with van der Waals surface area (Å²) < 4.78 is 1.99. The van der Waals surface area contributed by atoms with Crippen molar-refractivity contribution < 1.29 is 9.59 Å². The Labute approximate surface area is 172 Å². The fourth-order valence-corrected chi connectivity index (χ4v) is 3.58. The Morgan fingerprint density at radius 3 is 2.66 bits per heavy atom. The zero-order chi connectivity index (χ0) is 20.4. The van der Waals surface area contributed by atoms with Crippen LogP contribution in [0.5, 0.6) is 0 Å². The molecule has 6 nitrogen and oxygen atoms in total. The number of amides is 2. The van der Waals surface area contributed by atoms with Crippen LogP contribution in [0.2, 0.25) is 0 Å². The first-order valence-corrected chi connectivity index (χ1v) is 9.77. The number of thioether (sulfide) groups is 1. The van der Waals surface area contributed by atoms with Gasteiger partial charge < -0.3 is 0 Å². The van der Waals surface area contributed by atoms with E-state index in [1.54, 1.807) is 12.4 Å². The van der Waals surface area contributed by atoms with Crippen LogP contribution in [0.3, 0.4) is 0 Å². The highest BCUT2D eigenvalue weighted by atomic mass is 32.2. The van der Waals surface area contributed by atoms with Crippen LogP contribution < -0.4 is 5.32 Å². The van der Waals surface area contributed by atoms with E-state index in [1.165, 1.54) is 0 Å². The number of fused-ring (bicyclic) bond motifs is 1. The van der Waals surface area contributed by atoms with E-state index in [1.807, 2.05) is 66.0 Å². The van der Waals surface area contributed by atoms with E-state index in [4.69, 9.17) is 0 Å². The zero-order valence-corrected chi connectivity index (χ0v) is 16.8. The highest BCUT2D eigenvalue weighted by Crippen LogP contribution is 2.27. The Hall–Kier alpha value is -3.34. The van der Waals surface area contributed by atoms with Crippen molar-refractivity contribution in [3.8, 4) is 17.5 Å². The molecule has 2 heterocycles. The number of hydrogen-bond donors (Lipinski definition) is 1. The second-order valence-corrected chi connectivity index (χ2v) is 7.82. The SMILES string of the molecule is CN(C)CC#Cc1ccc(-n2cnc3ccc(C=C4SC(=O)NC4=O)cc32)cc1. The van der Waals surface area contributed by atoms with Gasteiger partial charge in [-0.1, -0.05) is 17.9 Å². The van der Waals surface area contributed by atoms with Crippen molar-refractivity contribution in [2.24, 2.45) is 0 Å². The normalized spacial score (nSPS) is 15.1. The van der Waals surface area contributed by atoms with Crippen LogP contribution in [0, 0.1) is 11.8 Å². The molecule has 1 fully saturated rings. The summed E-state index contributed by atoms with van der Waals surface area (Å²) in [5, 5.41) is 1.92. The lowest BCUT2D eigenvalue weighted by Gasteiger charge is -2.05. The number of aromatic nitrogens is 2. The predicted molar refractivity (Wildman–Crippen MR) is 116 cm³/mol. The minimum Gasteiger partial charge on any atom is -0.299 e. The molecule has 1 aliphatic heterocycles. The second kappa shape index (κ2) is 7.95. The Bertz CT molecular complexity index is 1200. The summed E-state index contributed by atoms with van der Waals surface area (Å²) in [6.07, 6.45) is 3.49. The van der Waals surface area contributed by atoms with E-state index in [9.17, 15) is 9.59 Å². The molecule has 2 aromatic carbocycles. The van der Waals surface area contributed by atoms with Gasteiger partial charge in [0.2, 0.25) is 0 Å². The number of imide groups is 1. The Balaban J connectivity index is 1.64. The molecule has 0 saturated carbocycles.